The number of carbonyl (C=O) groups excluding carboxylic acids is 1. The van der Waals surface area contributed by atoms with Gasteiger partial charge < -0.3 is 14.8 Å². The van der Waals surface area contributed by atoms with Gasteiger partial charge in [0.05, 0.1) is 30.6 Å². The van der Waals surface area contributed by atoms with Gasteiger partial charge in [-0.3, -0.25) is 9.69 Å². The van der Waals surface area contributed by atoms with E-state index in [0.29, 0.717) is 35.1 Å². The fourth-order valence-electron chi connectivity index (χ4n) is 3.37. The zero-order valence-corrected chi connectivity index (χ0v) is 17.1. The summed E-state index contributed by atoms with van der Waals surface area (Å²) in [5, 5.41) is 7.06. The lowest BCUT2D eigenvalue weighted by Gasteiger charge is -2.19. The standard InChI is InChI=1S/C18H21FN6O3S/c1-10-4-12(28-14-6-21-25-8-13(27-3)5-20-17(14)25)7-24(10)9-15-16(19)23-18(29-15)22-11(2)26/h5-6,8,10,12H,4,7,9H2,1-3H3,(H,22,23,26)/t10-,12+/m0/s1. The average molecular weight is 420 g/mol. The molecule has 0 bridgehead atoms. The number of fused-ring (bicyclic) bond motifs is 1. The lowest BCUT2D eigenvalue weighted by Crippen LogP contribution is -2.28. The van der Waals surface area contributed by atoms with Crippen LogP contribution in [0.25, 0.3) is 5.65 Å². The van der Waals surface area contributed by atoms with Crippen molar-refractivity contribution in [3.8, 4) is 11.5 Å². The van der Waals surface area contributed by atoms with Gasteiger partial charge in [-0.15, -0.1) is 0 Å². The molecule has 1 saturated heterocycles. The molecule has 0 saturated carbocycles. The minimum absolute atomic E-state index is 0.0623. The minimum atomic E-state index is -0.545. The fourth-order valence-corrected chi connectivity index (χ4v) is 4.29. The molecule has 2 atom stereocenters. The monoisotopic (exact) mass is 420 g/mol. The van der Waals surface area contributed by atoms with E-state index < -0.39 is 5.95 Å². The summed E-state index contributed by atoms with van der Waals surface area (Å²) in [6, 6.07) is 0.209. The molecule has 1 aliphatic rings. The first kappa shape index (κ1) is 19.5. The van der Waals surface area contributed by atoms with Gasteiger partial charge >= 0.3 is 0 Å². The van der Waals surface area contributed by atoms with Crippen LogP contribution in [0.5, 0.6) is 11.5 Å². The molecule has 4 heterocycles. The Morgan fingerprint density at radius 2 is 2.28 bits per heavy atom. The summed E-state index contributed by atoms with van der Waals surface area (Å²) in [5.74, 6) is 0.394. The smallest absolute Gasteiger partial charge is 0.230 e. The summed E-state index contributed by atoms with van der Waals surface area (Å²) in [6.45, 7) is 4.50. The van der Waals surface area contributed by atoms with E-state index in [1.54, 1.807) is 30.2 Å². The van der Waals surface area contributed by atoms with Gasteiger partial charge in [-0.05, 0) is 6.92 Å². The number of halogens is 1. The molecule has 0 aromatic carbocycles. The number of hydrogen-bond acceptors (Lipinski definition) is 8. The molecule has 4 rings (SSSR count). The Balaban J connectivity index is 1.43. The molecule has 9 nitrogen and oxygen atoms in total. The number of nitrogens with one attached hydrogen (secondary N) is 1. The molecule has 1 fully saturated rings. The number of ether oxygens (including phenoxy) is 2. The van der Waals surface area contributed by atoms with E-state index in [4.69, 9.17) is 9.47 Å². The number of anilines is 1. The van der Waals surface area contributed by atoms with Crippen LogP contribution >= 0.6 is 11.3 Å². The van der Waals surface area contributed by atoms with Crippen molar-refractivity contribution in [3.05, 3.63) is 29.4 Å². The van der Waals surface area contributed by atoms with Crippen molar-refractivity contribution in [1.82, 2.24) is 24.5 Å². The maximum atomic E-state index is 14.1. The minimum Gasteiger partial charge on any atom is -0.494 e. The van der Waals surface area contributed by atoms with Crippen molar-refractivity contribution in [1.29, 1.82) is 0 Å². The Kier molecular flexibility index (Phi) is 5.33. The summed E-state index contributed by atoms with van der Waals surface area (Å²) < 4.78 is 27.0. The first-order chi connectivity index (χ1) is 13.9. The Hall–Kier alpha value is -2.79. The molecule has 29 heavy (non-hydrogen) atoms. The van der Waals surface area contributed by atoms with E-state index in [9.17, 15) is 9.18 Å². The van der Waals surface area contributed by atoms with Gasteiger partial charge in [0.2, 0.25) is 11.9 Å². The maximum absolute atomic E-state index is 14.1. The van der Waals surface area contributed by atoms with Crippen LogP contribution in [-0.2, 0) is 11.3 Å². The molecule has 3 aromatic heterocycles. The molecule has 0 radical (unpaired) electrons. The van der Waals surface area contributed by atoms with E-state index >= 15 is 0 Å². The van der Waals surface area contributed by atoms with Gasteiger partial charge in [-0.25, -0.2) is 9.50 Å². The predicted molar refractivity (Wildman–Crippen MR) is 105 cm³/mol. The van der Waals surface area contributed by atoms with Crippen molar-refractivity contribution >= 4 is 28.0 Å². The molecule has 154 valence electrons. The van der Waals surface area contributed by atoms with Crippen LogP contribution in [0.2, 0.25) is 0 Å². The Morgan fingerprint density at radius 1 is 1.45 bits per heavy atom. The van der Waals surface area contributed by atoms with Crippen LogP contribution in [0.1, 0.15) is 25.1 Å². The molecule has 0 unspecified atom stereocenters. The average Bonchev–Trinajstić information content (AvgIpc) is 3.33. The second-order valence-electron chi connectivity index (χ2n) is 6.94. The summed E-state index contributed by atoms with van der Waals surface area (Å²) in [7, 11) is 1.57. The van der Waals surface area contributed by atoms with E-state index in [0.717, 1.165) is 17.8 Å². The van der Waals surface area contributed by atoms with Gasteiger partial charge in [0.25, 0.3) is 0 Å². The molecule has 0 aliphatic carbocycles. The van der Waals surface area contributed by atoms with Gasteiger partial charge in [-0.2, -0.15) is 14.5 Å². The van der Waals surface area contributed by atoms with Crippen LogP contribution in [0.15, 0.2) is 18.6 Å². The van der Waals surface area contributed by atoms with Crippen LogP contribution < -0.4 is 14.8 Å². The first-order valence-electron chi connectivity index (χ1n) is 9.13. The van der Waals surface area contributed by atoms with E-state index in [1.165, 1.54) is 6.92 Å². The van der Waals surface area contributed by atoms with E-state index in [1.807, 2.05) is 0 Å². The Morgan fingerprint density at radius 3 is 3.03 bits per heavy atom. The maximum Gasteiger partial charge on any atom is 0.230 e. The molecule has 0 spiro atoms. The highest BCUT2D eigenvalue weighted by Gasteiger charge is 2.32. The zero-order chi connectivity index (χ0) is 20.5. The summed E-state index contributed by atoms with van der Waals surface area (Å²) in [4.78, 5) is 21.9. The van der Waals surface area contributed by atoms with Crippen molar-refractivity contribution in [3.63, 3.8) is 0 Å². The molecule has 1 N–H and O–H groups in total. The number of likely N-dealkylation sites (tertiary alicyclic amines) is 1. The molecule has 1 aliphatic heterocycles. The summed E-state index contributed by atoms with van der Waals surface area (Å²) in [6.07, 6.45) is 5.72. The highest BCUT2D eigenvalue weighted by Crippen LogP contribution is 2.29. The molecular formula is C18H21FN6O3S. The molecular weight excluding hydrogens is 399 g/mol. The van der Waals surface area contributed by atoms with E-state index in [-0.39, 0.29) is 23.2 Å². The fraction of sp³-hybridized carbons (Fsp3) is 0.444. The zero-order valence-electron chi connectivity index (χ0n) is 16.3. The topological polar surface area (TPSA) is 93.9 Å². The second-order valence-corrected chi connectivity index (χ2v) is 8.02. The number of rotatable bonds is 6. The SMILES string of the molecule is COc1cnc2c(O[C@@H]3C[C@H](C)N(Cc4sc(NC(C)=O)nc4F)C3)cnn2c1. The first-order valence-corrected chi connectivity index (χ1v) is 9.95. The quantitative estimate of drug-likeness (QED) is 0.654. The number of aromatic nitrogens is 4. The summed E-state index contributed by atoms with van der Waals surface area (Å²) in [5.41, 5.74) is 0.616. The molecule has 3 aromatic rings. The summed E-state index contributed by atoms with van der Waals surface area (Å²) >= 11 is 1.15. The lowest BCUT2D eigenvalue weighted by molar-refractivity contribution is -0.114. The predicted octanol–water partition coefficient (Wildman–Crippen LogP) is 2.33. The number of nitrogens with zero attached hydrogens (tertiary/aromatic N) is 5. The van der Waals surface area contributed by atoms with Crippen molar-refractivity contribution < 1.29 is 18.7 Å². The van der Waals surface area contributed by atoms with Crippen LogP contribution in [0, 0.1) is 5.95 Å². The van der Waals surface area contributed by atoms with Crippen LogP contribution in [-0.4, -0.2) is 56.2 Å². The van der Waals surface area contributed by atoms with Crippen LogP contribution in [0.4, 0.5) is 9.52 Å². The normalized spacial score (nSPS) is 19.6. The Bertz CT molecular complexity index is 1040. The van der Waals surface area contributed by atoms with Gasteiger partial charge in [0.1, 0.15) is 6.10 Å². The van der Waals surface area contributed by atoms with Gasteiger partial charge in [0.15, 0.2) is 22.3 Å². The number of methoxy groups -OCH3 is 1. The van der Waals surface area contributed by atoms with E-state index in [2.05, 4.69) is 32.2 Å². The number of thiazole rings is 1. The lowest BCUT2D eigenvalue weighted by atomic mass is 10.2. The highest BCUT2D eigenvalue weighted by atomic mass is 32.1. The number of hydrogen-bond donors (Lipinski definition) is 1. The molecule has 1 amide bonds. The largest absolute Gasteiger partial charge is 0.494 e. The van der Waals surface area contributed by atoms with Gasteiger partial charge in [-0.1, -0.05) is 11.3 Å². The Labute approximate surface area is 170 Å². The third-order valence-corrected chi connectivity index (χ3v) is 5.71. The highest BCUT2D eigenvalue weighted by molar-refractivity contribution is 7.15. The van der Waals surface area contributed by atoms with Crippen molar-refractivity contribution in [2.75, 3.05) is 19.0 Å². The van der Waals surface area contributed by atoms with Crippen molar-refractivity contribution in [2.45, 2.75) is 39.0 Å². The third kappa shape index (κ3) is 4.15. The van der Waals surface area contributed by atoms with Crippen LogP contribution in [0.3, 0.4) is 0 Å². The van der Waals surface area contributed by atoms with Crippen molar-refractivity contribution in [2.24, 2.45) is 0 Å². The molecule has 11 heteroatoms. The van der Waals surface area contributed by atoms with Gasteiger partial charge in [0, 0.05) is 32.5 Å². The second kappa shape index (κ2) is 7.91. The number of amides is 1. The number of carbonyl (C=O) groups is 1. The third-order valence-electron chi connectivity index (χ3n) is 4.77.